The number of halogens is 1. The molecule has 0 bridgehead atoms. The summed E-state index contributed by atoms with van der Waals surface area (Å²) >= 11 is 5.82. The summed E-state index contributed by atoms with van der Waals surface area (Å²) in [4.78, 5) is 17.0. The molecule has 0 saturated carbocycles. The third kappa shape index (κ3) is 2.76. The van der Waals surface area contributed by atoms with E-state index in [1.165, 1.54) is 0 Å². The lowest BCUT2D eigenvalue weighted by atomic mass is 10.3. The van der Waals surface area contributed by atoms with Gasteiger partial charge >= 0.3 is 0 Å². The van der Waals surface area contributed by atoms with Crippen LogP contribution in [0, 0.1) is 0 Å². The zero-order valence-electron chi connectivity index (χ0n) is 10.4. The van der Waals surface area contributed by atoms with Gasteiger partial charge in [-0.05, 0) is 29.8 Å². The Balaban J connectivity index is 1.67. The van der Waals surface area contributed by atoms with Crippen LogP contribution in [-0.2, 0) is 0 Å². The number of piperazine rings is 1. The third-order valence-corrected chi connectivity index (χ3v) is 3.37. The van der Waals surface area contributed by atoms with Crippen LogP contribution in [0.5, 0.6) is 0 Å². The van der Waals surface area contributed by atoms with E-state index in [9.17, 15) is 0 Å². The van der Waals surface area contributed by atoms with Gasteiger partial charge in [0.05, 0.1) is 0 Å². The molecule has 2 aromatic rings. The molecular formula is C13H14ClN5. The van der Waals surface area contributed by atoms with Crippen molar-refractivity contribution in [2.45, 2.75) is 0 Å². The fourth-order valence-electron chi connectivity index (χ4n) is 2.21. The second-order valence-electron chi connectivity index (χ2n) is 4.35. The van der Waals surface area contributed by atoms with Gasteiger partial charge in [-0.15, -0.1) is 0 Å². The minimum atomic E-state index is 0.296. The Morgan fingerprint density at radius 3 is 2.21 bits per heavy atom. The van der Waals surface area contributed by atoms with Crippen LogP contribution < -0.4 is 9.80 Å². The van der Waals surface area contributed by atoms with Gasteiger partial charge in [0.2, 0.25) is 5.28 Å². The number of hydrogen-bond donors (Lipinski definition) is 0. The van der Waals surface area contributed by atoms with Crippen molar-refractivity contribution in [3.05, 3.63) is 41.9 Å². The molecule has 1 aliphatic rings. The molecule has 3 rings (SSSR count). The summed E-state index contributed by atoms with van der Waals surface area (Å²) in [5.74, 6) is 1.92. The molecule has 0 aromatic carbocycles. The normalized spacial score (nSPS) is 15.6. The zero-order valence-corrected chi connectivity index (χ0v) is 11.2. The number of rotatable bonds is 2. The Labute approximate surface area is 116 Å². The van der Waals surface area contributed by atoms with E-state index in [2.05, 4.69) is 24.8 Å². The Hall–Kier alpha value is -1.88. The molecule has 98 valence electrons. The van der Waals surface area contributed by atoms with Gasteiger partial charge in [0, 0.05) is 38.6 Å². The number of aromatic nitrogens is 3. The van der Waals surface area contributed by atoms with E-state index in [1.54, 1.807) is 6.20 Å². The van der Waals surface area contributed by atoms with Gasteiger partial charge in [-0.25, -0.2) is 15.0 Å². The van der Waals surface area contributed by atoms with Gasteiger partial charge < -0.3 is 9.80 Å². The van der Waals surface area contributed by atoms with Gasteiger partial charge in [0.25, 0.3) is 0 Å². The van der Waals surface area contributed by atoms with Crippen molar-refractivity contribution in [1.82, 2.24) is 15.0 Å². The molecule has 1 aliphatic heterocycles. The summed E-state index contributed by atoms with van der Waals surface area (Å²) in [6, 6.07) is 7.88. The smallest absolute Gasteiger partial charge is 0.224 e. The van der Waals surface area contributed by atoms with Gasteiger partial charge in [-0.3, -0.25) is 0 Å². The van der Waals surface area contributed by atoms with Crippen LogP contribution in [-0.4, -0.2) is 41.1 Å². The van der Waals surface area contributed by atoms with Gasteiger partial charge in [0.1, 0.15) is 11.6 Å². The second kappa shape index (κ2) is 5.40. The molecule has 19 heavy (non-hydrogen) atoms. The van der Waals surface area contributed by atoms with Crippen molar-refractivity contribution in [3.63, 3.8) is 0 Å². The quantitative estimate of drug-likeness (QED) is 0.783. The molecule has 0 N–H and O–H groups in total. The highest BCUT2D eigenvalue weighted by Gasteiger charge is 2.18. The molecule has 1 fully saturated rings. The summed E-state index contributed by atoms with van der Waals surface area (Å²) in [6.45, 7) is 3.67. The third-order valence-electron chi connectivity index (χ3n) is 3.19. The van der Waals surface area contributed by atoms with Crippen molar-refractivity contribution in [1.29, 1.82) is 0 Å². The lowest BCUT2D eigenvalue weighted by Crippen LogP contribution is -2.47. The fraction of sp³-hybridized carbons (Fsp3) is 0.308. The van der Waals surface area contributed by atoms with Crippen molar-refractivity contribution >= 4 is 23.2 Å². The average Bonchev–Trinajstić information content (AvgIpc) is 2.48. The maximum atomic E-state index is 5.82. The molecule has 0 radical (unpaired) electrons. The molecule has 0 amide bonds. The Kier molecular flexibility index (Phi) is 3.46. The highest BCUT2D eigenvalue weighted by atomic mass is 35.5. The monoisotopic (exact) mass is 275 g/mol. The van der Waals surface area contributed by atoms with E-state index in [0.717, 1.165) is 37.8 Å². The summed E-state index contributed by atoms with van der Waals surface area (Å²) in [7, 11) is 0. The first-order valence-electron chi connectivity index (χ1n) is 6.22. The number of anilines is 2. The number of pyridine rings is 1. The topological polar surface area (TPSA) is 45.2 Å². The van der Waals surface area contributed by atoms with Crippen molar-refractivity contribution in [2.24, 2.45) is 0 Å². The van der Waals surface area contributed by atoms with Crippen LogP contribution >= 0.6 is 11.6 Å². The summed E-state index contributed by atoms with van der Waals surface area (Å²) in [6.07, 6.45) is 3.52. The second-order valence-corrected chi connectivity index (χ2v) is 4.68. The maximum Gasteiger partial charge on any atom is 0.224 e. The molecule has 1 saturated heterocycles. The summed E-state index contributed by atoms with van der Waals surface area (Å²) in [5, 5.41) is 0.296. The predicted molar refractivity (Wildman–Crippen MR) is 75.7 cm³/mol. The zero-order chi connectivity index (χ0) is 13.1. The van der Waals surface area contributed by atoms with E-state index in [1.807, 2.05) is 30.5 Å². The van der Waals surface area contributed by atoms with Crippen LogP contribution in [0.25, 0.3) is 0 Å². The molecule has 6 heteroatoms. The summed E-state index contributed by atoms with van der Waals surface area (Å²) in [5.41, 5.74) is 0. The highest BCUT2D eigenvalue weighted by molar-refractivity contribution is 6.28. The van der Waals surface area contributed by atoms with Crippen molar-refractivity contribution in [2.75, 3.05) is 36.0 Å². The molecule has 0 atom stereocenters. The van der Waals surface area contributed by atoms with Crippen LogP contribution in [0.2, 0.25) is 5.28 Å². The molecule has 3 heterocycles. The van der Waals surface area contributed by atoms with E-state index >= 15 is 0 Å². The summed E-state index contributed by atoms with van der Waals surface area (Å²) < 4.78 is 0. The van der Waals surface area contributed by atoms with Crippen LogP contribution in [0.1, 0.15) is 0 Å². The minimum absolute atomic E-state index is 0.296. The Bertz CT molecular complexity index is 540. The molecule has 5 nitrogen and oxygen atoms in total. The van der Waals surface area contributed by atoms with E-state index < -0.39 is 0 Å². The lowest BCUT2D eigenvalue weighted by molar-refractivity contribution is 0.641. The molecule has 0 aliphatic carbocycles. The SMILES string of the molecule is Clc1nccc(N2CCN(c3ccccn3)CC2)n1. The molecule has 0 unspecified atom stereocenters. The van der Waals surface area contributed by atoms with E-state index in [-0.39, 0.29) is 0 Å². The van der Waals surface area contributed by atoms with Crippen molar-refractivity contribution in [3.8, 4) is 0 Å². The number of hydrogen-bond acceptors (Lipinski definition) is 5. The Morgan fingerprint density at radius 1 is 0.842 bits per heavy atom. The predicted octanol–water partition coefficient (Wildman–Crippen LogP) is 1.85. The van der Waals surface area contributed by atoms with E-state index in [0.29, 0.717) is 5.28 Å². The highest BCUT2D eigenvalue weighted by Crippen LogP contribution is 2.17. The average molecular weight is 276 g/mol. The van der Waals surface area contributed by atoms with Gasteiger partial charge in [-0.2, -0.15) is 0 Å². The standard InChI is InChI=1S/C13H14ClN5/c14-13-16-6-4-12(17-13)19-9-7-18(8-10-19)11-3-1-2-5-15-11/h1-6H,7-10H2. The minimum Gasteiger partial charge on any atom is -0.353 e. The first-order valence-corrected chi connectivity index (χ1v) is 6.60. The number of nitrogens with zero attached hydrogens (tertiary/aromatic N) is 5. The van der Waals surface area contributed by atoms with Crippen LogP contribution in [0.15, 0.2) is 36.7 Å². The van der Waals surface area contributed by atoms with Crippen molar-refractivity contribution < 1.29 is 0 Å². The van der Waals surface area contributed by atoms with Crippen LogP contribution in [0.3, 0.4) is 0 Å². The van der Waals surface area contributed by atoms with Gasteiger partial charge in [-0.1, -0.05) is 6.07 Å². The van der Waals surface area contributed by atoms with E-state index in [4.69, 9.17) is 11.6 Å². The first-order chi connectivity index (χ1) is 9.33. The van der Waals surface area contributed by atoms with Crippen LogP contribution in [0.4, 0.5) is 11.6 Å². The Morgan fingerprint density at radius 2 is 1.58 bits per heavy atom. The van der Waals surface area contributed by atoms with Gasteiger partial charge in [0.15, 0.2) is 0 Å². The molecule has 0 spiro atoms. The largest absolute Gasteiger partial charge is 0.353 e. The lowest BCUT2D eigenvalue weighted by Gasteiger charge is -2.35. The first kappa shape index (κ1) is 12.2. The molecule has 2 aromatic heterocycles. The molecular weight excluding hydrogens is 262 g/mol. The fourth-order valence-corrected chi connectivity index (χ4v) is 2.35. The maximum absolute atomic E-state index is 5.82.